The number of rotatable bonds is 3. The van der Waals surface area contributed by atoms with Crippen LogP contribution >= 0.6 is 0 Å². The van der Waals surface area contributed by atoms with Gasteiger partial charge in [0, 0.05) is 5.54 Å². The van der Waals surface area contributed by atoms with Gasteiger partial charge in [-0.05, 0) is 49.4 Å². The second-order valence-corrected chi connectivity index (χ2v) is 5.96. The van der Waals surface area contributed by atoms with Gasteiger partial charge in [0.05, 0.1) is 0 Å². The van der Waals surface area contributed by atoms with Crippen molar-refractivity contribution >= 4 is 0 Å². The molecule has 1 heterocycles. The van der Waals surface area contributed by atoms with Crippen LogP contribution in [0.25, 0.3) is 0 Å². The average molecular weight is 247 g/mol. The molecule has 0 spiro atoms. The lowest BCUT2D eigenvalue weighted by Gasteiger charge is -2.36. The second-order valence-electron chi connectivity index (χ2n) is 5.96. The van der Waals surface area contributed by atoms with Crippen LogP contribution in [0.2, 0.25) is 0 Å². The Labute approximate surface area is 110 Å². The third-order valence-corrected chi connectivity index (χ3v) is 3.92. The minimum atomic E-state index is 0.109. The molecule has 0 aromatic heterocycles. The van der Waals surface area contributed by atoms with Crippen molar-refractivity contribution < 1.29 is 5.11 Å². The van der Waals surface area contributed by atoms with Gasteiger partial charge in [-0.1, -0.05) is 38.8 Å². The SMILES string of the molecule is CC(C)CC1(c2ccc(O)cc2)CCCCCN1. The van der Waals surface area contributed by atoms with E-state index in [1.165, 1.54) is 31.2 Å². The number of phenolic OH excluding ortho intramolecular Hbond substituents is 1. The first-order valence-corrected chi connectivity index (χ1v) is 7.17. The number of hydrogen-bond acceptors (Lipinski definition) is 2. The molecule has 0 aliphatic carbocycles. The Balaban J connectivity index is 2.30. The number of hydrogen-bond donors (Lipinski definition) is 2. The Hall–Kier alpha value is -1.02. The predicted molar refractivity (Wildman–Crippen MR) is 75.7 cm³/mol. The lowest BCUT2D eigenvalue weighted by atomic mass is 9.79. The molecule has 1 aromatic carbocycles. The van der Waals surface area contributed by atoms with Gasteiger partial charge in [0.2, 0.25) is 0 Å². The van der Waals surface area contributed by atoms with Crippen molar-refractivity contribution in [1.29, 1.82) is 0 Å². The molecule has 2 rings (SSSR count). The highest BCUT2D eigenvalue weighted by Gasteiger charge is 2.32. The van der Waals surface area contributed by atoms with E-state index in [2.05, 4.69) is 31.3 Å². The van der Waals surface area contributed by atoms with Crippen LogP contribution in [0, 0.1) is 5.92 Å². The van der Waals surface area contributed by atoms with Gasteiger partial charge in [-0.2, -0.15) is 0 Å². The summed E-state index contributed by atoms with van der Waals surface area (Å²) in [5.41, 5.74) is 1.44. The number of benzene rings is 1. The van der Waals surface area contributed by atoms with Crippen molar-refractivity contribution in [1.82, 2.24) is 5.32 Å². The summed E-state index contributed by atoms with van der Waals surface area (Å²) in [5, 5.41) is 13.2. The van der Waals surface area contributed by atoms with Crippen molar-refractivity contribution in [3.05, 3.63) is 29.8 Å². The topological polar surface area (TPSA) is 32.3 Å². The highest BCUT2D eigenvalue weighted by molar-refractivity contribution is 5.31. The minimum absolute atomic E-state index is 0.109. The van der Waals surface area contributed by atoms with Gasteiger partial charge in [-0.15, -0.1) is 0 Å². The summed E-state index contributed by atoms with van der Waals surface area (Å²) in [6.07, 6.45) is 6.26. The molecule has 1 atom stereocenters. The Bertz CT molecular complexity index is 361. The van der Waals surface area contributed by atoms with Gasteiger partial charge in [-0.25, -0.2) is 0 Å². The molecule has 1 fully saturated rings. The molecule has 0 saturated carbocycles. The van der Waals surface area contributed by atoms with Gasteiger partial charge in [-0.3, -0.25) is 0 Å². The zero-order chi connectivity index (χ0) is 13.0. The highest BCUT2D eigenvalue weighted by Crippen LogP contribution is 2.36. The van der Waals surface area contributed by atoms with E-state index in [0.29, 0.717) is 11.7 Å². The molecule has 1 unspecified atom stereocenters. The average Bonchev–Trinajstić information content (AvgIpc) is 2.55. The maximum absolute atomic E-state index is 9.46. The first-order valence-electron chi connectivity index (χ1n) is 7.17. The van der Waals surface area contributed by atoms with Crippen LogP contribution in [0.5, 0.6) is 5.75 Å². The number of phenols is 1. The monoisotopic (exact) mass is 247 g/mol. The Morgan fingerprint density at radius 1 is 1.17 bits per heavy atom. The van der Waals surface area contributed by atoms with Gasteiger partial charge in [0.1, 0.15) is 5.75 Å². The standard InChI is InChI=1S/C16H25NO/c1-13(2)12-16(10-4-3-5-11-17-16)14-6-8-15(18)9-7-14/h6-9,13,17-18H,3-5,10-12H2,1-2H3. The van der Waals surface area contributed by atoms with E-state index in [0.717, 1.165) is 13.0 Å². The molecular formula is C16H25NO. The maximum atomic E-state index is 9.46. The number of aromatic hydroxyl groups is 1. The summed E-state index contributed by atoms with van der Waals surface area (Å²) in [6.45, 7) is 5.68. The van der Waals surface area contributed by atoms with Crippen molar-refractivity contribution in [3.63, 3.8) is 0 Å². The molecule has 1 aliphatic rings. The maximum Gasteiger partial charge on any atom is 0.115 e. The molecule has 1 aromatic rings. The van der Waals surface area contributed by atoms with Crippen LogP contribution < -0.4 is 5.32 Å². The molecule has 1 aliphatic heterocycles. The molecule has 100 valence electrons. The van der Waals surface area contributed by atoms with Crippen molar-refractivity contribution in [2.75, 3.05) is 6.54 Å². The van der Waals surface area contributed by atoms with Gasteiger partial charge in [0.25, 0.3) is 0 Å². The van der Waals surface area contributed by atoms with Crippen molar-refractivity contribution in [2.45, 2.75) is 51.5 Å². The van der Waals surface area contributed by atoms with E-state index in [1.54, 1.807) is 0 Å². The van der Waals surface area contributed by atoms with E-state index in [4.69, 9.17) is 0 Å². The summed E-state index contributed by atoms with van der Waals surface area (Å²) in [6, 6.07) is 7.78. The first kappa shape index (κ1) is 13.4. The Kier molecular flexibility index (Phi) is 4.28. The molecule has 0 bridgehead atoms. The molecular weight excluding hydrogens is 222 g/mol. The second kappa shape index (κ2) is 5.75. The fraction of sp³-hybridized carbons (Fsp3) is 0.625. The van der Waals surface area contributed by atoms with Gasteiger partial charge >= 0.3 is 0 Å². The molecule has 2 nitrogen and oxygen atoms in total. The lowest BCUT2D eigenvalue weighted by molar-refractivity contribution is 0.263. The van der Waals surface area contributed by atoms with Crippen LogP contribution in [0.4, 0.5) is 0 Å². The largest absolute Gasteiger partial charge is 0.508 e. The molecule has 1 saturated heterocycles. The third kappa shape index (κ3) is 3.05. The fourth-order valence-corrected chi connectivity index (χ4v) is 3.16. The minimum Gasteiger partial charge on any atom is -0.508 e. The lowest BCUT2D eigenvalue weighted by Crippen LogP contribution is -2.42. The predicted octanol–water partition coefficient (Wildman–Crippen LogP) is 3.80. The molecule has 0 amide bonds. The normalized spacial score (nSPS) is 25.1. The first-order chi connectivity index (χ1) is 8.62. The zero-order valence-corrected chi connectivity index (χ0v) is 11.6. The Morgan fingerprint density at radius 2 is 1.89 bits per heavy atom. The quantitative estimate of drug-likeness (QED) is 0.851. The van der Waals surface area contributed by atoms with Crippen LogP contribution in [0.3, 0.4) is 0 Å². The fourth-order valence-electron chi connectivity index (χ4n) is 3.16. The van der Waals surface area contributed by atoms with Crippen molar-refractivity contribution in [2.24, 2.45) is 5.92 Å². The zero-order valence-electron chi connectivity index (χ0n) is 11.6. The van der Waals surface area contributed by atoms with Gasteiger partial charge < -0.3 is 10.4 Å². The summed E-state index contributed by atoms with van der Waals surface area (Å²) >= 11 is 0. The van der Waals surface area contributed by atoms with Crippen LogP contribution in [-0.4, -0.2) is 11.7 Å². The molecule has 2 N–H and O–H groups in total. The molecule has 0 radical (unpaired) electrons. The van der Waals surface area contributed by atoms with E-state index in [1.807, 2.05) is 12.1 Å². The number of nitrogens with one attached hydrogen (secondary N) is 1. The summed E-state index contributed by atoms with van der Waals surface area (Å²) < 4.78 is 0. The van der Waals surface area contributed by atoms with Gasteiger partial charge in [0.15, 0.2) is 0 Å². The van der Waals surface area contributed by atoms with Crippen molar-refractivity contribution in [3.8, 4) is 5.75 Å². The highest BCUT2D eigenvalue weighted by atomic mass is 16.3. The van der Waals surface area contributed by atoms with E-state index in [9.17, 15) is 5.11 Å². The summed E-state index contributed by atoms with van der Waals surface area (Å²) in [4.78, 5) is 0. The van der Waals surface area contributed by atoms with Crippen LogP contribution in [0.15, 0.2) is 24.3 Å². The van der Waals surface area contributed by atoms with E-state index in [-0.39, 0.29) is 5.54 Å². The van der Waals surface area contributed by atoms with E-state index < -0.39 is 0 Å². The van der Waals surface area contributed by atoms with Crippen LogP contribution in [0.1, 0.15) is 51.5 Å². The molecule has 18 heavy (non-hydrogen) atoms. The van der Waals surface area contributed by atoms with Crippen LogP contribution in [-0.2, 0) is 5.54 Å². The summed E-state index contributed by atoms with van der Waals surface area (Å²) in [5.74, 6) is 1.02. The van der Waals surface area contributed by atoms with E-state index >= 15 is 0 Å². The Morgan fingerprint density at radius 3 is 2.56 bits per heavy atom. The summed E-state index contributed by atoms with van der Waals surface area (Å²) in [7, 11) is 0. The third-order valence-electron chi connectivity index (χ3n) is 3.92. The molecule has 2 heteroatoms. The smallest absolute Gasteiger partial charge is 0.115 e.